The molecule has 0 spiro atoms. The minimum absolute atomic E-state index is 0.1000. The van der Waals surface area contributed by atoms with Crippen molar-refractivity contribution < 1.29 is 23.1 Å². The Morgan fingerprint density at radius 2 is 1.76 bits per heavy atom. The lowest BCUT2D eigenvalue weighted by molar-refractivity contribution is -0.137. The Hall–Kier alpha value is -4.11. The fourth-order valence-corrected chi connectivity index (χ4v) is 3.26. The smallest absolute Gasteiger partial charge is 0.416 e. The number of nitrogens with one attached hydrogen (secondary N) is 1. The van der Waals surface area contributed by atoms with Crippen LogP contribution in [0, 0.1) is 0 Å². The molecule has 0 aliphatic heterocycles. The predicted octanol–water partition coefficient (Wildman–Crippen LogP) is 6.36. The highest BCUT2D eigenvalue weighted by Crippen LogP contribution is 2.32. The van der Waals surface area contributed by atoms with E-state index in [-0.39, 0.29) is 16.8 Å². The Morgan fingerprint density at radius 3 is 2.41 bits per heavy atom. The van der Waals surface area contributed by atoms with Crippen LogP contribution in [0.4, 0.5) is 18.9 Å². The number of halogens is 4. The molecule has 3 aromatic carbocycles. The summed E-state index contributed by atoms with van der Waals surface area (Å²) < 4.78 is 41.2. The van der Waals surface area contributed by atoms with Gasteiger partial charge in [-0.15, -0.1) is 0 Å². The number of aromatic carboxylic acids is 1. The van der Waals surface area contributed by atoms with Crippen molar-refractivity contribution in [1.29, 1.82) is 0 Å². The monoisotopic (exact) mass is 484 g/mol. The molecule has 0 radical (unpaired) electrons. The van der Waals surface area contributed by atoms with Crippen LogP contribution in [0.5, 0.6) is 0 Å². The van der Waals surface area contributed by atoms with E-state index in [0.29, 0.717) is 22.0 Å². The number of nitrogens with zero attached hydrogens (tertiary/aromatic N) is 3. The van der Waals surface area contributed by atoms with Crippen molar-refractivity contribution in [2.24, 2.45) is 5.10 Å². The number of carbonyl (C=O) groups is 1. The second kappa shape index (κ2) is 9.40. The summed E-state index contributed by atoms with van der Waals surface area (Å²) in [6.45, 7) is 0. The lowest BCUT2D eigenvalue weighted by atomic mass is 10.1. The van der Waals surface area contributed by atoms with E-state index in [2.05, 4.69) is 15.6 Å². The van der Waals surface area contributed by atoms with E-state index in [1.807, 2.05) is 0 Å². The molecule has 0 aliphatic rings. The first-order chi connectivity index (χ1) is 16.2. The van der Waals surface area contributed by atoms with Gasteiger partial charge in [-0.1, -0.05) is 23.7 Å². The van der Waals surface area contributed by atoms with Gasteiger partial charge in [0, 0.05) is 22.3 Å². The molecule has 0 saturated heterocycles. The van der Waals surface area contributed by atoms with Gasteiger partial charge in [0.2, 0.25) is 0 Å². The van der Waals surface area contributed by atoms with E-state index in [9.17, 15) is 18.0 Å². The number of rotatable bonds is 6. The van der Waals surface area contributed by atoms with E-state index >= 15 is 0 Å². The molecule has 0 aliphatic carbocycles. The average molecular weight is 485 g/mol. The number of carboxylic acid groups (broad SMARTS) is 1. The number of aromatic nitrogens is 2. The zero-order valence-corrected chi connectivity index (χ0v) is 18.0. The van der Waals surface area contributed by atoms with Gasteiger partial charge in [0.15, 0.2) is 0 Å². The summed E-state index contributed by atoms with van der Waals surface area (Å²) in [6.07, 6.45) is -1.46. The molecule has 0 bridgehead atoms. The highest BCUT2D eigenvalue weighted by molar-refractivity contribution is 6.30. The van der Waals surface area contributed by atoms with Gasteiger partial charge in [0.05, 0.1) is 28.7 Å². The number of anilines is 1. The highest BCUT2D eigenvalue weighted by atomic mass is 35.5. The van der Waals surface area contributed by atoms with Crippen LogP contribution in [-0.4, -0.2) is 27.1 Å². The average Bonchev–Trinajstić information content (AvgIpc) is 3.24. The molecular weight excluding hydrogens is 469 g/mol. The van der Waals surface area contributed by atoms with Gasteiger partial charge in [0.1, 0.15) is 5.69 Å². The van der Waals surface area contributed by atoms with Gasteiger partial charge in [-0.05, 0) is 60.7 Å². The van der Waals surface area contributed by atoms with Crippen molar-refractivity contribution in [1.82, 2.24) is 9.78 Å². The molecule has 1 heterocycles. The fourth-order valence-electron chi connectivity index (χ4n) is 3.14. The van der Waals surface area contributed by atoms with Crippen LogP contribution in [-0.2, 0) is 6.18 Å². The van der Waals surface area contributed by atoms with E-state index < -0.39 is 17.7 Å². The zero-order chi connectivity index (χ0) is 24.3. The second-order valence-corrected chi connectivity index (χ2v) is 7.62. The van der Waals surface area contributed by atoms with Crippen molar-refractivity contribution in [3.63, 3.8) is 0 Å². The van der Waals surface area contributed by atoms with Crippen LogP contribution >= 0.6 is 11.6 Å². The molecule has 0 fully saturated rings. The minimum atomic E-state index is -4.50. The van der Waals surface area contributed by atoms with Crippen LogP contribution < -0.4 is 5.43 Å². The van der Waals surface area contributed by atoms with E-state index in [1.165, 1.54) is 35.2 Å². The van der Waals surface area contributed by atoms with Crippen LogP contribution in [0.1, 0.15) is 21.5 Å². The van der Waals surface area contributed by atoms with E-state index in [4.69, 9.17) is 16.7 Å². The summed E-state index contributed by atoms with van der Waals surface area (Å²) in [5, 5.41) is 18.3. The first-order valence-corrected chi connectivity index (χ1v) is 10.2. The van der Waals surface area contributed by atoms with Gasteiger partial charge in [-0.2, -0.15) is 23.4 Å². The Kier molecular flexibility index (Phi) is 6.38. The molecule has 10 heteroatoms. The van der Waals surface area contributed by atoms with E-state index in [0.717, 1.165) is 12.1 Å². The number of alkyl halides is 3. The van der Waals surface area contributed by atoms with Crippen LogP contribution in [0.3, 0.4) is 0 Å². The van der Waals surface area contributed by atoms with Gasteiger partial charge >= 0.3 is 12.1 Å². The second-order valence-electron chi connectivity index (χ2n) is 7.19. The summed E-state index contributed by atoms with van der Waals surface area (Å²) in [5.74, 6) is -1.07. The van der Waals surface area contributed by atoms with Gasteiger partial charge in [-0.3, -0.25) is 5.43 Å². The van der Waals surface area contributed by atoms with Crippen molar-refractivity contribution in [2.75, 3.05) is 5.43 Å². The number of carboxylic acids is 1. The maximum atomic E-state index is 13.3. The first-order valence-electron chi connectivity index (χ1n) is 9.86. The number of hydrogen-bond donors (Lipinski definition) is 2. The zero-order valence-electron chi connectivity index (χ0n) is 17.3. The maximum absolute atomic E-state index is 13.3. The third-order valence-corrected chi connectivity index (χ3v) is 5.08. The summed E-state index contributed by atoms with van der Waals surface area (Å²) in [6, 6.07) is 17.6. The Bertz CT molecular complexity index is 1350. The highest BCUT2D eigenvalue weighted by Gasteiger charge is 2.30. The van der Waals surface area contributed by atoms with Crippen molar-refractivity contribution in [3.8, 4) is 16.9 Å². The van der Waals surface area contributed by atoms with E-state index in [1.54, 1.807) is 42.6 Å². The van der Waals surface area contributed by atoms with Gasteiger partial charge in [-0.25, -0.2) is 9.48 Å². The van der Waals surface area contributed by atoms with Gasteiger partial charge in [0.25, 0.3) is 0 Å². The van der Waals surface area contributed by atoms with Crippen LogP contribution in [0.2, 0.25) is 5.02 Å². The molecular formula is C24H16ClF3N4O2. The summed E-state index contributed by atoms with van der Waals surface area (Å²) in [4.78, 5) is 11.1. The Labute approximate surface area is 196 Å². The molecule has 0 amide bonds. The van der Waals surface area contributed by atoms with Crippen LogP contribution in [0.25, 0.3) is 16.9 Å². The van der Waals surface area contributed by atoms with Gasteiger partial charge < -0.3 is 5.11 Å². The molecule has 0 saturated carbocycles. The third kappa shape index (κ3) is 5.26. The number of hydrazone groups is 1. The lowest BCUT2D eigenvalue weighted by Gasteiger charge is -2.08. The predicted molar refractivity (Wildman–Crippen MR) is 124 cm³/mol. The van der Waals surface area contributed by atoms with Crippen LogP contribution in [0.15, 0.2) is 84.1 Å². The SMILES string of the molecule is O=C(O)c1ccc(-n2cc(/C=N/Nc3ccc(Cl)cc3)c(-c3cccc(C(F)(F)F)c3)n2)cc1. The third-order valence-electron chi connectivity index (χ3n) is 4.83. The summed E-state index contributed by atoms with van der Waals surface area (Å²) >= 11 is 5.87. The normalized spacial score (nSPS) is 11.6. The Balaban J connectivity index is 1.73. The molecule has 6 nitrogen and oxygen atoms in total. The Morgan fingerprint density at radius 1 is 1.06 bits per heavy atom. The summed E-state index contributed by atoms with van der Waals surface area (Å²) in [7, 11) is 0. The molecule has 34 heavy (non-hydrogen) atoms. The quantitative estimate of drug-likeness (QED) is 0.247. The molecule has 0 unspecified atom stereocenters. The topological polar surface area (TPSA) is 79.5 Å². The molecule has 172 valence electrons. The summed E-state index contributed by atoms with van der Waals surface area (Å²) in [5.41, 5.74) is 4.30. The lowest BCUT2D eigenvalue weighted by Crippen LogP contribution is -2.04. The molecule has 2 N–H and O–H groups in total. The number of hydrogen-bond acceptors (Lipinski definition) is 4. The fraction of sp³-hybridized carbons (Fsp3) is 0.0417. The molecule has 4 rings (SSSR count). The van der Waals surface area contributed by atoms with Crippen molar-refractivity contribution in [3.05, 3.63) is 101 Å². The maximum Gasteiger partial charge on any atom is 0.416 e. The largest absolute Gasteiger partial charge is 0.478 e. The first kappa shape index (κ1) is 23.1. The van der Waals surface area contributed by atoms with Crippen molar-refractivity contribution >= 4 is 29.5 Å². The molecule has 0 atom stereocenters. The minimum Gasteiger partial charge on any atom is -0.478 e. The van der Waals surface area contributed by atoms with Crippen molar-refractivity contribution in [2.45, 2.75) is 6.18 Å². The molecule has 4 aromatic rings. The molecule has 1 aromatic heterocycles. The standard InChI is InChI=1S/C24H16ClF3N4O2/c25-19-6-8-20(9-7-19)30-29-13-17-14-32(21-10-4-15(5-11-21)23(33)34)31-22(17)16-2-1-3-18(12-16)24(26,27)28/h1-14,30H,(H,33,34)/b29-13+. The number of benzene rings is 3.